The molecule has 1 radical (unpaired) electrons. The number of nitrogens with zero attached hydrogens (tertiary/aromatic N) is 4. The minimum Gasteiger partial charge on any atom is -0.399 e. The lowest BCUT2D eigenvalue weighted by Crippen LogP contribution is -2.44. The highest BCUT2D eigenvalue weighted by Crippen LogP contribution is 2.39. The van der Waals surface area contributed by atoms with Gasteiger partial charge in [-0.3, -0.25) is 9.39 Å². The fourth-order valence-electron chi connectivity index (χ4n) is 6.40. The second kappa shape index (κ2) is 8.93. The Balaban J connectivity index is 1.26. The molecule has 2 aromatic rings. The summed E-state index contributed by atoms with van der Waals surface area (Å²) in [6.07, 6.45) is 17.3. The minimum absolute atomic E-state index is 0.786. The molecule has 0 atom stereocenters. The highest BCUT2D eigenvalue weighted by atomic mass is 15.7. The maximum atomic E-state index is 6.04. The van der Waals surface area contributed by atoms with Crippen LogP contribution in [0.15, 0.2) is 66.1 Å². The van der Waals surface area contributed by atoms with Crippen molar-refractivity contribution in [3.8, 4) is 0 Å². The molecule has 1 aliphatic carbocycles. The zero-order chi connectivity index (χ0) is 24.1. The van der Waals surface area contributed by atoms with Crippen LogP contribution in [0.4, 0.5) is 11.5 Å². The van der Waals surface area contributed by atoms with Crippen molar-refractivity contribution < 1.29 is 4.58 Å². The van der Waals surface area contributed by atoms with Crippen LogP contribution in [0.5, 0.6) is 0 Å². The van der Waals surface area contributed by atoms with Gasteiger partial charge in [0.2, 0.25) is 0 Å². The number of hydrazine groups is 2. The third-order valence-corrected chi connectivity index (χ3v) is 8.27. The molecule has 4 N–H and O–H groups in total. The number of aromatic nitrogens is 1. The molecule has 8 heteroatoms. The van der Waals surface area contributed by atoms with Gasteiger partial charge in [0.25, 0.3) is 5.84 Å². The predicted molar refractivity (Wildman–Crippen MR) is 146 cm³/mol. The highest BCUT2D eigenvalue weighted by molar-refractivity contribution is 6.41. The molecule has 0 spiro atoms. The quantitative estimate of drug-likeness (QED) is 0.352. The first-order valence-corrected chi connectivity index (χ1v) is 13.5. The van der Waals surface area contributed by atoms with Gasteiger partial charge in [0.1, 0.15) is 11.5 Å². The molecule has 2 fully saturated rings. The lowest BCUT2D eigenvalue weighted by Gasteiger charge is -2.27. The zero-order valence-electron chi connectivity index (χ0n) is 20.8. The molecule has 5 heterocycles. The van der Waals surface area contributed by atoms with Gasteiger partial charge in [-0.2, -0.15) is 0 Å². The smallest absolute Gasteiger partial charge is 0.399 e. The average molecular weight is 479 g/mol. The summed E-state index contributed by atoms with van der Waals surface area (Å²) in [5, 5.41) is 2.13. The van der Waals surface area contributed by atoms with Crippen LogP contribution in [-0.4, -0.2) is 40.3 Å². The first-order valence-electron chi connectivity index (χ1n) is 13.5. The number of benzene rings is 1. The Bertz CT molecular complexity index is 1290. The third kappa shape index (κ3) is 3.75. The Morgan fingerprint density at radius 3 is 2.56 bits per heavy atom. The van der Waals surface area contributed by atoms with Gasteiger partial charge in [-0.1, -0.05) is 44.2 Å². The predicted octanol–water partition coefficient (Wildman–Crippen LogP) is 3.94. The van der Waals surface area contributed by atoms with Crippen LogP contribution >= 0.6 is 0 Å². The van der Waals surface area contributed by atoms with E-state index in [-0.39, 0.29) is 0 Å². The SMILES string of the molecule is Nc1ccc(C2=C3C=CC(=[N+]4CCCC4)N3[B]n3c2ccc3N2C=C(CC3CCCCC3)NN2)cc1. The van der Waals surface area contributed by atoms with Crippen LogP contribution in [0.25, 0.3) is 5.57 Å². The van der Waals surface area contributed by atoms with E-state index in [0.717, 1.165) is 36.9 Å². The van der Waals surface area contributed by atoms with Gasteiger partial charge >= 0.3 is 7.55 Å². The lowest BCUT2D eigenvalue weighted by molar-refractivity contribution is -0.508. The molecule has 4 aliphatic heterocycles. The van der Waals surface area contributed by atoms with E-state index in [0.29, 0.717) is 0 Å². The molecule has 0 bridgehead atoms. The minimum atomic E-state index is 0.786. The van der Waals surface area contributed by atoms with Crippen LogP contribution in [0.3, 0.4) is 0 Å². The number of fused-ring (bicyclic) bond motifs is 2. The molecule has 7 rings (SSSR count). The number of hydrogen-bond acceptors (Lipinski definition) is 4. The first kappa shape index (κ1) is 21.9. The van der Waals surface area contributed by atoms with E-state index < -0.39 is 0 Å². The van der Waals surface area contributed by atoms with Crippen LogP contribution in [0, 0.1) is 5.92 Å². The Labute approximate surface area is 213 Å². The monoisotopic (exact) mass is 479 g/mol. The van der Waals surface area contributed by atoms with Gasteiger partial charge in [0.05, 0.1) is 13.1 Å². The number of nitrogens with two attached hydrogens (primary N) is 1. The molecule has 1 saturated carbocycles. The number of hydrogen-bond donors (Lipinski definition) is 3. The topological polar surface area (TPSA) is 64.5 Å². The fraction of sp³-hybridized carbons (Fsp3) is 0.393. The summed E-state index contributed by atoms with van der Waals surface area (Å²) < 4.78 is 4.82. The van der Waals surface area contributed by atoms with E-state index in [2.05, 4.69) is 80.0 Å². The summed E-state index contributed by atoms with van der Waals surface area (Å²) in [6.45, 7) is 2.23. The average Bonchev–Trinajstić information content (AvgIpc) is 3.70. The van der Waals surface area contributed by atoms with Crippen molar-refractivity contribution in [2.75, 3.05) is 23.8 Å². The van der Waals surface area contributed by atoms with Crippen molar-refractivity contribution in [3.05, 3.63) is 77.4 Å². The van der Waals surface area contributed by atoms with Gasteiger partial charge in [-0.05, 0) is 61.1 Å². The molecular formula is C28H34BN7+. The van der Waals surface area contributed by atoms with Crippen molar-refractivity contribution in [2.45, 2.75) is 51.4 Å². The Morgan fingerprint density at radius 1 is 0.944 bits per heavy atom. The van der Waals surface area contributed by atoms with E-state index in [4.69, 9.17) is 5.73 Å². The number of nitrogen functional groups attached to an aromatic ring is 1. The molecule has 1 aromatic carbocycles. The summed E-state index contributed by atoms with van der Waals surface area (Å²) in [6, 6.07) is 12.7. The van der Waals surface area contributed by atoms with Crippen LogP contribution in [0.1, 0.15) is 62.6 Å². The fourth-order valence-corrected chi connectivity index (χ4v) is 6.40. The molecular weight excluding hydrogens is 445 g/mol. The molecule has 1 aromatic heterocycles. The highest BCUT2D eigenvalue weighted by Gasteiger charge is 2.41. The Morgan fingerprint density at radius 2 is 1.75 bits per heavy atom. The van der Waals surface area contributed by atoms with Gasteiger partial charge in [0, 0.05) is 34.9 Å². The van der Waals surface area contributed by atoms with E-state index >= 15 is 0 Å². The van der Waals surface area contributed by atoms with Crippen molar-refractivity contribution in [2.24, 2.45) is 5.92 Å². The van der Waals surface area contributed by atoms with Crippen molar-refractivity contribution in [1.29, 1.82) is 0 Å². The molecule has 183 valence electrons. The zero-order valence-corrected chi connectivity index (χ0v) is 20.8. The van der Waals surface area contributed by atoms with Crippen molar-refractivity contribution >= 4 is 30.5 Å². The molecule has 0 unspecified atom stereocenters. The largest absolute Gasteiger partial charge is 0.553 e. The molecule has 36 heavy (non-hydrogen) atoms. The first-order chi connectivity index (χ1) is 17.7. The molecule has 0 amide bonds. The molecule has 7 nitrogen and oxygen atoms in total. The van der Waals surface area contributed by atoms with Crippen molar-refractivity contribution in [1.82, 2.24) is 20.2 Å². The van der Waals surface area contributed by atoms with E-state index in [1.165, 1.54) is 79.0 Å². The summed E-state index contributed by atoms with van der Waals surface area (Å²) in [4.78, 5) is 2.36. The number of anilines is 2. The van der Waals surface area contributed by atoms with Gasteiger partial charge in [0.15, 0.2) is 0 Å². The van der Waals surface area contributed by atoms with Crippen LogP contribution in [0.2, 0.25) is 0 Å². The number of amidine groups is 1. The second-order valence-corrected chi connectivity index (χ2v) is 10.7. The summed E-state index contributed by atoms with van der Waals surface area (Å²) >= 11 is 0. The van der Waals surface area contributed by atoms with Gasteiger partial charge in [-0.15, -0.1) is 5.53 Å². The molecule has 1 saturated heterocycles. The van der Waals surface area contributed by atoms with E-state index in [1.54, 1.807) is 0 Å². The Hall–Kier alpha value is -3.39. The van der Waals surface area contributed by atoms with E-state index in [9.17, 15) is 0 Å². The maximum Gasteiger partial charge on any atom is 0.553 e. The lowest BCUT2D eigenvalue weighted by atomic mass is 9.86. The Kier molecular flexibility index (Phi) is 5.42. The van der Waals surface area contributed by atoms with Crippen LogP contribution in [-0.2, 0) is 0 Å². The summed E-state index contributed by atoms with van der Waals surface area (Å²) in [5.74, 6) is 3.15. The van der Waals surface area contributed by atoms with E-state index in [1.807, 2.05) is 12.1 Å². The van der Waals surface area contributed by atoms with Crippen LogP contribution < -0.4 is 21.7 Å². The second-order valence-electron chi connectivity index (χ2n) is 10.7. The normalized spacial score (nSPS) is 21.6. The van der Waals surface area contributed by atoms with Gasteiger partial charge in [-0.25, -0.2) is 5.01 Å². The molecule has 5 aliphatic rings. The summed E-state index contributed by atoms with van der Waals surface area (Å²) in [7, 11) is 2.25. The van der Waals surface area contributed by atoms with Gasteiger partial charge < -0.3 is 15.6 Å². The maximum absolute atomic E-state index is 6.04. The number of rotatable bonds is 4. The number of nitrogens with one attached hydrogen (secondary N) is 2. The third-order valence-electron chi connectivity index (χ3n) is 8.27. The number of allylic oxidation sites excluding steroid dienone is 2. The summed E-state index contributed by atoms with van der Waals surface area (Å²) in [5.41, 5.74) is 19.8. The standard InChI is InChI=1S/C28H33BN7/c30-22-10-8-21(9-11-22)28-24-12-14-26(33-16-4-5-17-33)35(24)29-36-25(28)13-15-27(36)34-19-23(31-32-34)18-20-6-2-1-3-7-20/h8-15,19-20,30-32H,1-7,16-18H2/p+1. The van der Waals surface area contributed by atoms with Crippen molar-refractivity contribution in [3.63, 3.8) is 0 Å².